The molecule has 2 aromatic heterocycles. The zero-order valence-corrected chi connectivity index (χ0v) is 25.6. The first-order valence-electron chi connectivity index (χ1n) is 13.4. The molecule has 12 heteroatoms. The maximum absolute atomic E-state index is 12.9. The quantitative estimate of drug-likeness (QED) is 0.166. The summed E-state index contributed by atoms with van der Waals surface area (Å²) in [5, 5.41) is 10.2. The molecule has 1 N–H and O–H groups in total. The molecular formula is C31H34N5O6P. The van der Waals surface area contributed by atoms with Crippen LogP contribution in [0, 0.1) is 11.3 Å². The van der Waals surface area contributed by atoms with E-state index in [9.17, 15) is 19.5 Å². The van der Waals surface area contributed by atoms with Crippen molar-refractivity contribution in [1.29, 1.82) is 5.26 Å². The zero-order chi connectivity index (χ0) is 31.1. The molecule has 1 unspecified atom stereocenters. The predicted molar refractivity (Wildman–Crippen MR) is 166 cm³/mol. The van der Waals surface area contributed by atoms with Crippen molar-refractivity contribution in [3.8, 4) is 34.1 Å². The Balaban J connectivity index is 1.80. The van der Waals surface area contributed by atoms with Gasteiger partial charge in [0.1, 0.15) is 18.1 Å². The molecule has 0 bridgehead atoms. The fraction of sp³-hybridized carbons (Fsp3) is 0.258. The Morgan fingerprint density at radius 1 is 1.12 bits per heavy atom. The number of anilines is 1. The van der Waals surface area contributed by atoms with E-state index in [1.165, 1.54) is 6.08 Å². The van der Waals surface area contributed by atoms with Crippen molar-refractivity contribution < 1.29 is 28.0 Å². The van der Waals surface area contributed by atoms with Gasteiger partial charge in [-0.05, 0) is 62.5 Å². The number of hydrogen-bond donors (Lipinski definition) is 1. The Hall–Kier alpha value is -4.30. The third-order valence-electron chi connectivity index (χ3n) is 6.58. The smallest absolute Gasteiger partial charge is 0.473 e. The molecule has 1 amide bonds. The molecule has 0 spiro atoms. The van der Waals surface area contributed by atoms with Crippen molar-refractivity contribution in [2.75, 3.05) is 46.3 Å². The minimum absolute atomic E-state index is 0.0176. The molecule has 43 heavy (non-hydrogen) atoms. The van der Waals surface area contributed by atoms with Crippen LogP contribution >= 0.6 is 7.82 Å². The van der Waals surface area contributed by atoms with Crippen LogP contribution in [0.2, 0.25) is 0 Å². The summed E-state index contributed by atoms with van der Waals surface area (Å²) in [7, 11) is 2.86. The number of aromatic nitrogens is 2. The molecule has 224 valence electrons. The van der Waals surface area contributed by atoms with E-state index < -0.39 is 7.82 Å². The van der Waals surface area contributed by atoms with E-state index in [0.29, 0.717) is 29.2 Å². The minimum atomic E-state index is -4.26. The van der Waals surface area contributed by atoms with Crippen molar-refractivity contribution in [3.05, 3.63) is 78.6 Å². The van der Waals surface area contributed by atoms with Crippen LogP contribution < -0.4 is 9.64 Å². The van der Waals surface area contributed by atoms with Crippen LogP contribution in [-0.2, 0) is 25.1 Å². The Labute approximate surface area is 250 Å². The largest absolute Gasteiger partial charge is 0.497 e. The van der Waals surface area contributed by atoms with E-state index in [1.54, 1.807) is 73.3 Å². The number of phosphoric acid groups is 1. The van der Waals surface area contributed by atoms with Gasteiger partial charge in [-0.2, -0.15) is 5.26 Å². The standard InChI is InChI=1S/C31H34N5O6P/c1-6-41-43(38,39)42-21-36-20-29(23-10-7-9-22(13-23)18-32)28-16-25(19-33-31(28)36)24-14-26(17-27(15-24)40-5)35(4)30(37)11-8-12-34(2)3/h7-11,13-17,19-20H,6,12,21H2,1-5H3,(H,38,39)/b11-8+. The molecule has 11 nitrogen and oxygen atoms in total. The van der Waals surface area contributed by atoms with Gasteiger partial charge < -0.3 is 24.0 Å². The molecule has 2 aromatic carbocycles. The summed E-state index contributed by atoms with van der Waals surface area (Å²) >= 11 is 0. The number of nitrogens with zero attached hydrogens (tertiary/aromatic N) is 5. The van der Waals surface area contributed by atoms with E-state index in [0.717, 1.165) is 27.6 Å². The maximum atomic E-state index is 12.9. The van der Waals surface area contributed by atoms with Crippen LogP contribution in [0.25, 0.3) is 33.3 Å². The van der Waals surface area contributed by atoms with Crippen LogP contribution in [0.5, 0.6) is 5.75 Å². The Morgan fingerprint density at radius 2 is 1.91 bits per heavy atom. The number of carbonyl (C=O) groups excluding carboxylic acids is 1. The highest BCUT2D eigenvalue weighted by molar-refractivity contribution is 7.47. The third kappa shape index (κ3) is 7.76. The lowest BCUT2D eigenvalue weighted by molar-refractivity contribution is -0.113. The molecule has 0 saturated carbocycles. The fourth-order valence-electron chi connectivity index (χ4n) is 4.41. The van der Waals surface area contributed by atoms with Crippen molar-refractivity contribution in [2.24, 2.45) is 0 Å². The van der Waals surface area contributed by atoms with Gasteiger partial charge in [-0.3, -0.25) is 13.8 Å². The number of methoxy groups -OCH3 is 1. The van der Waals surface area contributed by atoms with Gasteiger partial charge in [0.25, 0.3) is 0 Å². The highest BCUT2D eigenvalue weighted by Gasteiger charge is 2.22. The first kappa shape index (κ1) is 31.6. The number of carbonyl (C=O) groups is 1. The Kier molecular flexibility index (Phi) is 10.1. The summed E-state index contributed by atoms with van der Waals surface area (Å²) in [4.78, 5) is 31.0. The summed E-state index contributed by atoms with van der Waals surface area (Å²) in [6, 6.07) is 16.7. The topological polar surface area (TPSA) is 130 Å². The first-order valence-corrected chi connectivity index (χ1v) is 14.9. The van der Waals surface area contributed by atoms with Gasteiger partial charge in [0.2, 0.25) is 5.91 Å². The van der Waals surface area contributed by atoms with Gasteiger partial charge >= 0.3 is 7.82 Å². The van der Waals surface area contributed by atoms with E-state index >= 15 is 0 Å². The predicted octanol–water partition coefficient (Wildman–Crippen LogP) is 5.44. The van der Waals surface area contributed by atoms with E-state index in [4.69, 9.17) is 13.8 Å². The molecule has 0 radical (unpaired) electrons. The number of hydrogen-bond acceptors (Lipinski definition) is 8. The fourth-order valence-corrected chi connectivity index (χ4v) is 5.09. The van der Waals surface area contributed by atoms with Crippen molar-refractivity contribution in [3.63, 3.8) is 0 Å². The summed E-state index contributed by atoms with van der Waals surface area (Å²) in [5.41, 5.74) is 4.64. The van der Waals surface area contributed by atoms with E-state index in [-0.39, 0.29) is 19.2 Å². The average Bonchev–Trinajstić information content (AvgIpc) is 3.37. The zero-order valence-electron chi connectivity index (χ0n) is 24.7. The van der Waals surface area contributed by atoms with Gasteiger partial charge in [0, 0.05) is 60.3 Å². The molecule has 4 rings (SSSR count). The van der Waals surface area contributed by atoms with Gasteiger partial charge in [-0.25, -0.2) is 9.55 Å². The monoisotopic (exact) mass is 603 g/mol. The molecule has 0 aliphatic carbocycles. The number of amides is 1. The van der Waals surface area contributed by atoms with Gasteiger partial charge in [0.05, 0.1) is 25.3 Å². The summed E-state index contributed by atoms with van der Waals surface area (Å²) in [6.07, 6.45) is 6.77. The minimum Gasteiger partial charge on any atom is -0.497 e. The molecule has 0 aliphatic rings. The van der Waals surface area contributed by atoms with Gasteiger partial charge in [-0.1, -0.05) is 18.2 Å². The van der Waals surface area contributed by atoms with Crippen LogP contribution in [0.3, 0.4) is 0 Å². The number of benzene rings is 2. The van der Waals surface area contributed by atoms with E-state index in [1.807, 2.05) is 43.3 Å². The molecule has 4 aromatic rings. The summed E-state index contributed by atoms with van der Waals surface area (Å²) in [5.74, 6) is 0.381. The Morgan fingerprint density at radius 3 is 2.60 bits per heavy atom. The number of rotatable bonds is 12. The number of nitriles is 1. The highest BCUT2D eigenvalue weighted by Crippen LogP contribution is 2.44. The molecule has 0 fully saturated rings. The number of likely N-dealkylation sites (N-methyl/N-ethyl adjacent to an activating group) is 2. The normalized spacial score (nSPS) is 12.9. The van der Waals surface area contributed by atoms with Crippen LogP contribution in [0.15, 0.2) is 73.1 Å². The Bertz CT molecular complexity index is 1740. The number of ether oxygens (including phenoxy) is 1. The van der Waals surface area contributed by atoms with E-state index in [2.05, 4.69) is 11.1 Å². The number of fused-ring (bicyclic) bond motifs is 1. The van der Waals surface area contributed by atoms with Crippen LogP contribution in [-0.4, -0.2) is 66.7 Å². The number of phosphoric ester groups is 1. The van der Waals surface area contributed by atoms with Crippen LogP contribution in [0.4, 0.5) is 5.69 Å². The molecule has 0 aliphatic heterocycles. The first-order chi connectivity index (χ1) is 20.5. The lowest BCUT2D eigenvalue weighted by Crippen LogP contribution is -2.24. The second-order valence-electron chi connectivity index (χ2n) is 9.93. The average molecular weight is 604 g/mol. The molecular weight excluding hydrogens is 569 g/mol. The van der Waals surface area contributed by atoms with Crippen molar-refractivity contribution >= 4 is 30.5 Å². The van der Waals surface area contributed by atoms with Crippen molar-refractivity contribution in [2.45, 2.75) is 13.7 Å². The highest BCUT2D eigenvalue weighted by atomic mass is 31.2. The SMILES string of the molecule is CCOP(=O)(O)OCn1cc(-c2cccc(C#N)c2)c2cc(-c3cc(OC)cc(N(C)C(=O)/C=C/CN(C)C)c3)cnc21. The second kappa shape index (κ2) is 13.8. The van der Waals surface area contributed by atoms with Gasteiger partial charge in [0.15, 0.2) is 0 Å². The number of pyridine rings is 1. The summed E-state index contributed by atoms with van der Waals surface area (Å²) < 4.78 is 29.4. The lowest BCUT2D eigenvalue weighted by atomic mass is 10.0. The molecule has 0 saturated heterocycles. The van der Waals surface area contributed by atoms with Crippen molar-refractivity contribution in [1.82, 2.24) is 14.5 Å². The van der Waals surface area contributed by atoms with Crippen LogP contribution in [0.1, 0.15) is 12.5 Å². The molecule has 2 heterocycles. The molecule has 1 atom stereocenters. The second-order valence-corrected chi connectivity index (χ2v) is 11.4. The summed E-state index contributed by atoms with van der Waals surface area (Å²) in [6.45, 7) is 1.97. The maximum Gasteiger partial charge on any atom is 0.473 e. The third-order valence-corrected chi connectivity index (χ3v) is 7.60. The lowest BCUT2D eigenvalue weighted by Gasteiger charge is -2.18. The van der Waals surface area contributed by atoms with Gasteiger partial charge in [-0.15, -0.1) is 0 Å².